The van der Waals surface area contributed by atoms with Crippen molar-refractivity contribution in [2.45, 2.75) is 38.3 Å². The first-order valence-electron chi connectivity index (χ1n) is 10.7. The molecular formula is C24H26N2O7. The van der Waals surface area contributed by atoms with Crippen molar-refractivity contribution < 1.29 is 33.8 Å². The van der Waals surface area contributed by atoms with Crippen molar-refractivity contribution in [3.63, 3.8) is 0 Å². The third kappa shape index (κ3) is 5.31. The molecule has 2 amide bonds. The van der Waals surface area contributed by atoms with Crippen molar-refractivity contribution in [1.82, 2.24) is 10.6 Å². The number of hydrogen-bond donors (Lipinski definition) is 3. The number of alkyl carbamates (subject to hydrolysis) is 1. The van der Waals surface area contributed by atoms with Crippen molar-refractivity contribution in [1.29, 1.82) is 0 Å². The van der Waals surface area contributed by atoms with Crippen LogP contribution in [0.15, 0.2) is 48.5 Å². The second kappa shape index (κ2) is 10.6. The molecule has 0 saturated carbocycles. The summed E-state index contributed by atoms with van der Waals surface area (Å²) in [5.74, 6) is -3.45. The summed E-state index contributed by atoms with van der Waals surface area (Å²) in [4.78, 5) is 48.5. The van der Waals surface area contributed by atoms with Gasteiger partial charge in [0, 0.05) is 5.92 Å². The molecule has 9 nitrogen and oxygen atoms in total. The van der Waals surface area contributed by atoms with Crippen LogP contribution in [-0.4, -0.2) is 54.3 Å². The minimum atomic E-state index is -1.74. The fraction of sp³-hybridized carbons (Fsp3) is 0.333. The number of benzene rings is 2. The van der Waals surface area contributed by atoms with E-state index in [1.54, 1.807) is 13.8 Å². The molecule has 0 heterocycles. The summed E-state index contributed by atoms with van der Waals surface area (Å²) in [6.45, 7) is 3.08. The molecule has 0 aliphatic heterocycles. The summed E-state index contributed by atoms with van der Waals surface area (Å²) in [6, 6.07) is 12.7. The summed E-state index contributed by atoms with van der Waals surface area (Å²) < 4.78 is 10.2. The van der Waals surface area contributed by atoms with E-state index in [0.29, 0.717) is 0 Å². The minimum Gasteiger partial charge on any atom is -0.480 e. The molecule has 3 N–H and O–H groups in total. The van der Waals surface area contributed by atoms with Crippen molar-refractivity contribution in [2.24, 2.45) is 0 Å². The zero-order valence-electron chi connectivity index (χ0n) is 18.4. The van der Waals surface area contributed by atoms with Crippen molar-refractivity contribution in [3.8, 4) is 11.1 Å². The molecule has 0 aromatic heterocycles. The Balaban J connectivity index is 1.70. The highest BCUT2D eigenvalue weighted by atomic mass is 16.6. The van der Waals surface area contributed by atoms with Gasteiger partial charge in [0.05, 0.1) is 6.61 Å². The van der Waals surface area contributed by atoms with E-state index >= 15 is 0 Å². The number of rotatable bonds is 9. The third-order valence-electron chi connectivity index (χ3n) is 5.41. The fourth-order valence-corrected chi connectivity index (χ4v) is 3.81. The fourth-order valence-electron chi connectivity index (χ4n) is 3.81. The summed E-state index contributed by atoms with van der Waals surface area (Å²) >= 11 is 0. The Morgan fingerprint density at radius 2 is 1.48 bits per heavy atom. The standard InChI is InChI=1S/C24H26N2O7/c1-3-19(22(28)29)25-21(27)20(23(30)32-4-2)26-24(31)33-13-18-16-11-7-5-9-14(16)15-10-6-8-12-17(15)18/h5-12,18-20H,3-4,13H2,1-2H3,(H,25,27)(H,26,31)(H,28,29)/t19-,20?/m0/s1. The summed E-state index contributed by atoms with van der Waals surface area (Å²) in [7, 11) is 0. The Morgan fingerprint density at radius 3 is 2.00 bits per heavy atom. The van der Waals surface area contributed by atoms with Crippen LogP contribution in [0.3, 0.4) is 0 Å². The van der Waals surface area contributed by atoms with Crippen LogP contribution in [0.4, 0.5) is 4.79 Å². The van der Waals surface area contributed by atoms with Gasteiger partial charge in [-0.1, -0.05) is 55.5 Å². The molecule has 0 spiro atoms. The van der Waals surface area contributed by atoms with Crippen molar-refractivity contribution >= 4 is 23.9 Å². The molecule has 1 aliphatic rings. The topological polar surface area (TPSA) is 131 Å². The van der Waals surface area contributed by atoms with Gasteiger partial charge in [-0.25, -0.2) is 14.4 Å². The van der Waals surface area contributed by atoms with Crippen LogP contribution in [0.2, 0.25) is 0 Å². The Bertz CT molecular complexity index is 1010. The first kappa shape index (κ1) is 23.8. The highest BCUT2D eigenvalue weighted by Crippen LogP contribution is 2.44. The Kier molecular flexibility index (Phi) is 7.66. The summed E-state index contributed by atoms with van der Waals surface area (Å²) in [5, 5.41) is 13.6. The zero-order valence-corrected chi connectivity index (χ0v) is 18.4. The number of carbonyl (C=O) groups is 4. The van der Waals surface area contributed by atoms with Crippen LogP contribution >= 0.6 is 0 Å². The predicted molar refractivity (Wildman–Crippen MR) is 118 cm³/mol. The number of fused-ring (bicyclic) bond motifs is 3. The zero-order chi connectivity index (χ0) is 24.0. The van der Waals surface area contributed by atoms with E-state index in [-0.39, 0.29) is 25.6 Å². The van der Waals surface area contributed by atoms with Gasteiger partial charge < -0.3 is 19.9 Å². The number of amides is 2. The number of carboxylic acid groups (broad SMARTS) is 1. The van der Waals surface area contributed by atoms with Gasteiger partial charge in [0.1, 0.15) is 12.6 Å². The Morgan fingerprint density at radius 1 is 0.909 bits per heavy atom. The number of nitrogens with one attached hydrogen (secondary N) is 2. The number of carbonyl (C=O) groups excluding carboxylic acids is 3. The highest BCUT2D eigenvalue weighted by molar-refractivity contribution is 6.05. The molecule has 1 aliphatic carbocycles. The van der Waals surface area contributed by atoms with Crippen LogP contribution in [0.25, 0.3) is 11.1 Å². The lowest BCUT2D eigenvalue weighted by molar-refractivity contribution is -0.151. The predicted octanol–water partition coefficient (Wildman–Crippen LogP) is 2.44. The van der Waals surface area contributed by atoms with Gasteiger partial charge in [0.25, 0.3) is 5.91 Å². The lowest BCUT2D eigenvalue weighted by Crippen LogP contribution is -2.55. The molecule has 3 rings (SSSR count). The van der Waals surface area contributed by atoms with E-state index in [1.807, 2.05) is 48.5 Å². The molecule has 0 bridgehead atoms. The van der Waals surface area contributed by atoms with Gasteiger partial charge in [0.2, 0.25) is 6.04 Å². The monoisotopic (exact) mass is 454 g/mol. The molecule has 174 valence electrons. The molecule has 2 aromatic carbocycles. The second-order valence-electron chi connectivity index (χ2n) is 7.46. The third-order valence-corrected chi connectivity index (χ3v) is 5.41. The molecular weight excluding hydrogens is 428 g/mol. The molecule has 1 unspecified atom stereocenters. The molecule has 0 saturated heterocycles. The van der Waals surface area contributed by atoms with E-state index in [4.69, 9.17) is 14.6 Å². The molecule has 2 atom stereocenters. The molecule has 0 radical (unpaired) electrons. The smallest absolute Gasteiger partial charge is 0.408 e. The largest absolute Gasteiger partial charge is 0.480 e. The molecule has 0 fully saturated rings. The summed E-state index contributed by atoms with van der Waals surface area (Å²) in [5.41, 5.74) is 4.15. The van der Waals surface area contributed by atoms with Gasteiger partial charge >= 0.3 is 18.0 Å². The average Bonchev–Trinajstić information content (AvgIpc) is 3.13. The van der Waals surface area contributed by atoms with E-state index in [1.165, 1.54) is 0 Å². The van der Waals surface area contributed by atoms with Crippen molar-refractivity contribution in [3.05, 3.63) is 59.7 Å². The van der Waals surface area contributed by atoms with Crippen LogP contribution < -0.4 is 10.6 Å². The average molecular weight is 454 g/mol. The quantitative estimate of drug-likeness (QED) is 0.392. The first-order chi connectivity index (χ1) is 15.9. The van der Waals surface area contributed by atoms with Crippen LogP contribution in [0, 0.1) is 0 Å². The van der Waals surface area contributed by atoms with Gasteiger partial charge in [-0.2, -0.15) is 0 Å². The normalized spacial score (nSPS) is 13.8. The minimum absolute atomic E-state index is 0.0102. The van der Waals surface area contributed by atoms with Gasteiger partial charge in [-0.05, 0) is 35.6 Å². The van der Waals surface area contributed by atoms with Crippen molar-refractivity contribution in [2.75, 3.05) is 13.2 Å². The van der Waals surface area contributed by atoms with Gasteiger partial charge in [-0.15, -0.1) is 0 Å². The van der Waals surface area contributed by atoms with E-state index in [2.05, 4.69) is 10.6 Å². The van der Waals surface area contributed by atoms with Crippen LogP contribution in [0.5, 0.6) is 0 Å². The highest BCUT2D eigenvalue weighted by Gasteiger charge is 2.34. The maximum Gasteiger partial charge on any atom is 0.408 e. The lowest BCUT2D eigenvalue weighted by atomic mass is 9.98. The number of aliphatic carboxylic acids is 1. The van der Waals surface area contributed by atoms with Crippen LogP contribution in [0.1, 0.15) is 37.3 Å². The number of hydrogen-bond acceptors (Lipinski definition) is 6. The SMILES string of the molecule is CCOC(=O)C(NC(=O)OCC1c2ccccc2-c2ccccc21)C(=O)N[C@@H](CC)C(=O)O. The summed E-state index contributed by atoms with van der Waals surface area (Å²) in [6.07, 6.45) is -0.893. The van der Waals surface area contributed by atoms with Gasteiger partial charge in [0.15, 0.2) is 0 Å². The van der Waals surface area contributed by atoms with E-state index in [9.17, 15) is 19.2 Å². The van der Waals surface area contributed by atoms with Crippen LogP contribution in [-0.2, 0) is 23.9 Å². The van der Waals surface area contributed by atoms with E-state index in [0.717, 1.165) is 22.3 Å². The van der Waals surface area contributed by atoms with E-state index < -0.39 is 36.0 Å². The number of carboxylic acids is 1. The number of esters is 1. The van der Waals surface area contributed by atoms with Gasteiger partial charge in [-0.3, -0.25) is 10.1 Å². The maximum atomic E-state index is 12.5. The second-order valence-corrected chi connectivity index (χ2v) is 7.46. The lowest BCUT2D eigenvalue weighted by Gasteiger charge is -2.20. The number of ether oxygens (including phenoxy) is 2. The molecule has 9 heteroatoms. The Labute approximate surface area is 191 Å². The Hall–Kier alpha value is -3.88. The molecule has 33 heavy (non-hydrogen) atoms. The molecule has 2 aromatic rings. The maximum absolute atomic E-state index is 12.5. The first-order valence-corrected chi connectivity index (χ1v) is 10.7.